The quantitative estimate of drug-likeness (QED) is 0.828. The molecule has 17 heavy (non-hydrogen) atoms. The standard InChI is InChI=1S/C11H19N3OS2/c1-7-6-17-11(13-7)8(2)14-10(15)9(12)4-5-16-3/h6,8-9H,4-5,12H2,1-3H3,(H,14,15)/t8?,9-/m0/s1. The second-order valence-electron chi connectivity index (χ2n) is 3.95. The van der Waals surface area contributed by atoms with Crippen LogP contribution in [0.15, 0.2) is 5.38 Å². The molecule has 0 aliphatic heterocycles. The molecule has 0 aromatic carbocycles. The highest BCUT2D eigenvalue weighted by Gasteiger charge is 2.17. The van der Waals surface area contributed by atoms with Gasteiger partial charge in [0.05, 0.1) is 12.1 Å². The lowest BCUT2D eigenvalue weighted by Crippen LogP contribution is -2.41. The summed E-state index contributed by atoms with van der Waals surface area (Å²) in [7, 11) is 0. The Hall–Kier alpha value is -0.590. The first-order valence-corrected chi connectivity index (χ1v) is 7.79. The lowest BCUT2D eigenvalue weighted by atomic mass is 10.2. The zero-order valence-electron chi connectivity index (χ0n) is 10.4. The summed E-state index contributed by atoms with van der Waals surface area (Å²) in [5, 5.41) is 5.79. The number of rotatable bonds is 6. The Kier molecular flexibility index (Phi) is 5.94. The predicted molar refractivity (Wildman–Crippen MR) is 74.4 cm³/mol. The van der Waals surface area contributed by atoms with Gasteiger partial charge in [-0.2, -0.15) is 11.8 Å². The van der Waals surface area contributed by atoms with E-state index in [9.17, 15) is 4.79 Å². The maximum absolute atomic E-state index is 11.8. The molecule has 1 amide bonds. The van der Waals surface area contributed by atoms with Crippen LogP contribution in [0, 0.1) is 6.92 Å². The van der Waals surface area contributed by atoms with Crippen molar-refractivity contribution in [1.82, 2.24) is 10.3 Å². The van der Waals surface area contributed by atoms with Crippen LogP contribution in [0.5, 0.6) is 0 Å². The summed E-state index contributed by atoms with van der Waals surface area (Å²) in [6.07, 6.45) is 2.71. The van der Waals surface area contributed by atoms with Crippen LogP contribution in [0.2, 0.25) is 0 Å². The number of carbonyl (C=O) groups is 1. The summed E-state index contributed by atoms with van der Waals surface area (Å²) in [5.74, 6) is 0.804. The second kappa shape index (κ2) is 6.98. The number of nitrogens with zero attached hydrogens (tertiary/aromatic N) is 1. The zero-order chi connectivity index (χ0) is 12.8. The number of nitrogens with two attached hydrogens (primary N) is 1. The lowest BCUT2D eigenvalue weighted by molar-refractivity contribution is -0.123. The van der Waals surface area contributed by atoms with E-state index >= 15 is 0 Å². The molecule has 0 aliphatic carbocycles. The van der Waals surface area contributed by atoms with Crippen molar-refractivity contribution in [2.45, 2.75) is 32.4 Å². The van der Waals surface area contributed by atoms with Gasteiger partial charge in [-0.3, -0.25) is 4.79 Å². The van der Waals surface area contributed by atoms with E-state index in [4.69, 9.17) is 5.73 Å². The minimum atomic E-state index is -0.425. The van der Waals surface area contributed by atoms with Crippen molar-refractivity contribution >= 4 is 29.0 Å². The van der Waals surface area contributed by atoms with E-state index in [0.717, 1.165) is 16.5 Å². The van der Waals surface area contributed by atoms with Gasteiger partial charge in [-0.1, -0.05) is 0 Å². The van der Waals surface area contributed by atoms with E-state index in [-0.39, 0.29) is 11.9 Å². The van der Waals surface area contributed by atoms with E-state index in [1.165, 1.54) is 0 Å². The highest BCUT2D eigenvalue weighted by atomic mass is 32.2. The van der Waals surface area contributed by atoms with Crippen molar-refractivity contribution in [3.05, 3.63) is 16.1 Å². The van der Waals surface area contributed by atoms with Gasteiger partial charge in [0.15, 0.2) is 0 Å². The number of aryl methyl sites for hydroxylation is 1. The molecule has 2 atom stereocenters. The fourth-order valence-electron chi connectivity index (χ4n) is 1.33. The number of amides is 1. The van der Waals surface area contributed by atoms with E-state index in [0.29, 0.717) is 6.42 Å². The average Bonchev–Trinajstić information content (AvgIpc) is 2.72. The highest BCUT2D eigenvalue weighted by Crippen LogP contribution is 2.17. The SMILES string of the molecule is CSCC[C@H](N)C(=O)NC(C)c1nc(C)cs1. The molecule has 1 aromatic rings. The first kappa shape index (κ1) is 14.5. The number of aromatic nitrogens is 1. The van der Waals surface area contributed by atoms with Crippen molar-refractivity contribution in [1.29, 1.82) is 0 Å². The van der Waals surface area contributed by atoms with Gasteiger partial charge in [0, 0.05) is 11.1 Å². The molecule has 6 heteroatoms. The smallest absolute Gasteiger partial charge is 0.237 e. The van der Waals surface area contributed by atoms with Gasteiger partial charge in [0.2, 0.25) is 5.91 Å². The normalized spacial score (nSPS) is 14.4. The van der Waals surface area contributed by atoms with Crippen molar-refractivity contribution in [2.75, 3.05) is 12.0 Å². The van der Waals surface area contributed by atoms with E-state index in [2.05, 4.69) is 10.3 Å². The first-order chi connectivity index (χ1) is 8.04. The number of thioether (sulfide) groups is 1. The minimum absolute atomic E-state index is 0.0680. The predicted octanol–water partition coefficient (Wildman–Crippen LogP) is 1.71. The summed E-state index contributed by atoms with van der Waals surface area (Å²) >= 11 is 3.25. The number of nitrogens with one attached hydrogen (secondary N) is 1. The molecule has 0 bridgehead atoms. The van der Waals surface area contributed by atoms with Crippen LogP contribution >= 0.6 is 23.1 Å². The van der Waals surface area contributed by atoms with Crippen LogP contribution in [-0.2, 0) is 4.79 Å². The minimum Gasteiger partial charge on any atom is -0.346 e. The van der Waals surface area contributed by atoms with Gasteiger partial charge in [0.1, 0.15) is 5.01 Å². The molecule has 1 aromatic heterocycles. The summed E-state index contributed by atoms with van der Waals surface area (Å²) in [6, 6.07) is -0.493. The molecule has 0 aliphatic rings. The van der Waals surface area contributed by atoms with Crippen LogP contribution in [0.25, 0.3) is 0 Å². The number of hydrogen-bond acceptors (Lipinski definition) is 5. The van der Waals surface area contributed by atoms with Gasteiger partial charge in [-0.25, -0.2) is 4.98 Å². The monoisotopic (exact) mass is 273 g/mol. The molecular formula is C11H19N3OS2. The molecule has 3 N–H and O–H groups in total. The van der Waals surface area contributed by atoms with E-state index in [1.54, 1.807) is 23.1 Å². The molecular weight excluding hydrogens is 254 g/mol. The highest BCUT2D eigenvalue weighted by molar-refractivity contribution is 7.98. The third kappa shape index (κ3) is 4.65. The average molecular weight is 273 g/mol. The molecule has 0 spiro atoms. The van der Waals surface area contributed by atoms with Gasteiger partial charge in [0.25, 0.3) is 0 Å². The van der Waals surface area contributed by atoms with Gasteiger partial charge in [-0.05, 0) is 32.3 Å². The largest absolute Gasteiger partial charge is 0.346 e. The Labute approximate surface area is 110 Å². The maximum atomic E-state index is 11.8. The second-order valence-corrected chi connectivity index (χ2v) is 5.82. The fourth-order valence-corrected chi connectivity index (χ4v) is 2.62. The van der Waals surface area contributed by atoms with Gasteiger partial charge in [-0.15, -0.1) is 11.3 Å². The fraction of sp³-hybridized carbons (Fsp3) is 0.636. The lowest BCUT2D eigenvalue weighted by Gasteiger charge is -2.15. The van der Waals surface area contributed by atoms with Crippen LogP contribution < -0.4 is 11.1 Å². The van der Waals surface area contributed by atoms with Crippen LogP contribution in [0.3, 0.4) is 0 Å². The first-order valence-electron chi connectivity index (χ1n) is 5.51. The topological polar surface area (TPSA) is 68.0 Å². The Morgan fingerprint density at radius 2 is 2.41 bits per heavy atom. The molecule has 0 saturated carbocycles. The Morgan fingerprint density at radius 1 is 1.71 bits per heavy atom. The van der Waals surface area contributed by atoms with Crippen molar-refractivity contribution < 1.29 is 4.79 Å². The zero-order valence-corrected chi connectivity index (χ0v) is 12.0. The summed E-state index contributed by atoms with van der Waals surface area (Å²) in [6.45, 7) is 3.87. The molecule has 0 saturated heterocycles. The van der Waals surface area contributed by atoms with Crippen LogP contribution in [-0.4, -0.2) is 28.9 Å². The Morgan fingerprint density at radius 3 is 2.94 bits per heavy atom. The Balaban J connectivity index is 2.45. The molecule has 96 valence electrons. The van der Waals surface area contributed by atoms with E-state index < -0.39 is 6.04 Å². The van der Waals surface area contributed by atoms with Crippen LogP contribution in [0.4, 0.5) is 0 Å². The third-order valence-corrected chi connectivity index (χ3v) is 4.12. The molecule has 4 nitrogen and oxygen atoms in total. The van der Waals surface area contributed by atoms with Crippen molar-refractivity contribution in [3.63, 3.8) is 0 Å². The molecule has 1 unspecified atom stereocenters. The Bertz CT molecular complexity index is 367. The molecule has 0 radical (unpaired) electrons. The number of carbonyl (C=O) groups excluding carboxylic acids is 1. The summed E-state index contributed by atoms with van der Waals surface area (Å²) in [5.41, 5.74) is 6.78. The third-order valence-electron chi connectivity index (χ3n) is 2.34. The van der Waals surface area contributed by atoms with Crippen LogP contribution in [0.1, 0.15) is 30.1 Å². The summed E-state index contributed by atoms with van der Waals surface area (Å²) in [4.78, 5) is 16.1. The molecule has 0 fully saturated rings. The molecule has 1 heterocycles. The van der Waals surface area contributed by atoms with Crippen molar-refractivity contribution in [3.8, 4) is 0 Å². The molecule has 1 rings (SSSR count). The van der Waals surface area contributed by atoms with Crippen molar-refractivity contribution in [2.24, 2.45) is 5.73 Å². The van der Waals surface area contributed by atoms with E-state index in [1.807, 2.05) is 25.5 Å². The van der Waals surface area contributed by atoms with Gasteiger partial charge < -0.3 is 11.1 Å². The van der Waals surface area contributed by atoms with Gasteiger partial charge >= 0.3 is 0 Å². The number of hydrogen-bond donors (Lipinski definition) is 2. The number of thiazole rings is 1. The maximum Gasteiger partial charge on any atom is 0.237 e. The summed E-state index contributed by atoms with van der Waals surface area (Å²) < 4.78 is 0.